The summed E-state index contributed by atoms with van der Waals surface area (Å²) >= 11 is 1.77. The molecule has 0 amide bonds. The van der Waals surface area contributed by atoms with Crippen LogP contribution in [-0.4, -0.2) is 7.11 Å². The number of fused-ring (bicyclic) bond motifs is 1. The number of hydrogen-bond acceptors (Lipinski definition) is 2. The highest BCUT2D eigenvalue weighted by atomic mass is 32.1. The zero-order valence-corrected chi connectivity index (χ0v) is 8.87. The van der Waals surface area contributed by atoms with E-state index < -0.39 is 0 Å². The monoisotopic (exact) mass is 192 g/mol. The molecule has 0 radical (unpaired) electrons. The Balaban J connectivity index is 2.76. The molecule has 2 aromatic rings. The smallest absolute Gasteiger partial charge is 0.123 e. The Hall–Kier alpha value is -1.02. The Morgan fingerprint density at radius 2 is 1.92 bits per heavy atom. The molecule has 0 aliphatic carbocycles. The SMILES string of the molecule is COc1cc2scc(C)c2cc1C. The molecule has 0 saturated heterocycles. The summed E-state index contributed by atoms with van der Waals surface area (Å²) in [7, 11) is 1.72. The van der Waals surface area contributed by atoms with Crippen molar-refractivity contribution >= 4 is 21.4 Å². The average molecular weight is 192 g/mol. The Labute approximate surface area is 82.0 Å². The summed E-state index contributed by atoms with van der Waals surface area (Å²) < 4.78 is 6.57. The van der Waals surface area contributed by atoms with E-state index in [0.29, 0.717) is 0 Å². The van der Waals surface area contributed by atoms with E-state index in [1.165, 1.54) is 21.2 Å². The lowest BCUT2D eigenvalue weighted by Crippen LogP contribution is -1.85. The molecule has 0 aliphatic rings. The summed E-state index contributed by atoms with van der Waals surface area (Å²) in [5.74, 6) is 0.981. The van der Waals surface area contributed by atoms with Crippen molar-refractivity contribution in [1.82, 2.24) is 0 Å². The molecule has 0 N–H and O–H groups in total. The predicted molar refractivity (Wildman–Crippen MR) is 57.9 cm³/mol. The molecule has 1 aromatic carbocycles. The van der Waals surface area contributed by atoms with Crippen molar-refractivity contribution in [3.05, 3.63) is 28.6 Å². The van der Waals surface area contributed by atoms with E-state index in [9.17, 15) is 0 Å². The van der Waals surface area contributed by atoms with Crippen molar-refractivity contribution in [3.8, 4) is 5.75 Å². The van der Waals surface area contributed by atoms with Gasteiger partial charge in [0.05, 0.1) is 7.11 Å². The summed E-state index contributed by atoms with van der Waals surface area (Å²) in [6.07, 6.45) is 0. The third-order valence-corrected chi connectivity index (χ3v) is 3.35. The molecule has 68 valence electrons. The molecule has 0 unspecified atom stereocenters. The maximum absolute atomic E-state index is 5.27. The van der Waals surface area contributed by atoms with Gasteiger partial charge in [0.1, 0.15) is 5.75 Å². The molecular weight excluding hydrogens is 180 g/mol. The summed E-state index contributed by atoms with van der Waals surface area (Å²) in [4.78, 5) is 0. The molecule has 0 aliphatic heterocycles. The van der Waals surface area contributed by atoms with Crippen molar-refractivity contribution in [3.63, 3.8) is 0 Å². The van der Waals surface area contributed by atoms with Crippen LogP contribution < -0.4 is 4.74 Å². The molecule has 13 heavy (non-hydrogen) atoms. The van der Waals surface area contributed by atoms with Gasteiger partial charge in [-0.2, -0.15) is 0 Å². The lowest BCUT2D eigenvalue weighted by atomic mass is 10.1. The molecule has 0 spiro atoms. The summed E-state index contributed by atoms with van der Waals surface area (Å²) in [5, 5.41) is 3.53. The fraction of sp³-hybridized carbons (Fsp3) is 0.273. The summed E-state index contributed by atoms with van der Waals surface area (Å²) in [5.41, 5.74) is 2.56. The van der Waals surface area contributed by atoms with E-state index in [1.54, 1.807) is 18.4 Å². The molecule has 2 rings (SSSR count). The number of rotatable bonds is 1. The molecule has 0 bridgehead atoms. The standard InChI is InChI=1S/C11H12OS/c1-7-4-9-8(2)6-13-11(9)5-10(7)12-3/h4-6H,1-3H3. The van der Waals surface area contributed by atoms with Crippen LogP contribution in [0.1, 0.15) is 11.1 Å². The maximum Gasteiger partial charge on any atom is 0.123 e. The first-order chi connectivity index (χ1) is 6.22. The van der Waals surface area contributed by atoms with Crippen molar-refractivity contribution < 1.29 is 4.74 Å². The van der Waals surface area contributed by atoms with E-state index in [1.807, 2.05) is 0 Å². The Morgan fingerprint density at radius 1 is 1.15 bits per heavy atom. The van der Waals surface area contributed by atoms with Crippen LogP contribution in [0.25, 0.3) is 10.1 Å². The van der Waals surface area contributed by atoms with Crippen LogP contribution in [0.2, 0.25) is 0 Å². The third kappa shape index (κ3) is 1.31. The molecule has 0 atom stereocenters. The van der Waals surface area contributed by atoms with Crippen LogP contribution in [0.15, 0.2) is 17.5 Å². The molecular formula is C11H12OS. The number of benzene rings is 1. The third-order valence-electron chi connectivity index (χ3n) is 2.28. The van der Waals surface area contributed by atoms with Gasteiger partial charge in [-0.05, 0) is 47.9 Å². The summed E-state index contributed by atoms with van der Waals surface area (Å²) in [6.45, 7) is 4.22. The van der Waals surface area contributed by atoms with Gasteiger partial charge in [-0.3, -0.25) is 0 Å². The topological polar surface area (TPSA) is 9.23 Å². The second-order valence-electron chi connectivity index (χ2n) is 3.24. The molecule has 2 heteroatoms. The first-order valence-corrected chi connectivity index (χ1v) is 5.13. The minimum atomic E-state index is 0.981. The molecule has 1 nitrogen and oxygen atoms in total. The number of methoxy groups -OCH3 is 1. The van der Waals surface area contributed by atoms with Gasteiger partial charge in [-0.15, -0.1) is 11.3 Å². The Bertz CT molecular complexity index is 443. The van der Waals surface area contributed by atoms with E-state index >= 15 is 0 Å². The van der Waals surface area contributed by atoms with E-state index in [0.717, 1.165) is 5.75 Å². The first-order valence-electron chi connectivity index (χ1n) is 4.25. The highest BCUT2D eigenvalue weighted by molar-refractivity contribution is 7.17. The molecule has 1 aromatic heterocycles. The quantitative estimate of drug-likeness (QED) is 0.671. The zero-order valence-electron chi connectivity index (χ0n) is 8.05. The average Bonchev–Trinajstić information content (AvgIpc) is 2.47. The van der Waals surface area contributed by atoms with Gasteiger partial charge in [0.25, 0.3) is 0 Å². The van der Waals surface area contributed by atoms with Crippen molar-refractivity contribution in [2.24, 2.45) is 0 Å². The fourth-order valence-electron chi connectivity index (χ4n) is 1.51. The number of hydrogen-bond donors (Lipinski definition) is 0. The lowest BCUT2D eigenvalue weighted by molar-refractivity contribution is 0.412. The normalized spacial score (nSPS) is 10.7. The second-order valence-corrected chi connectivity index (χ2v) is 4.15. The highest BCUT2D eigenvalue weighted by Gasteiger charge is 2.04. The lowest BCUT2D eigenvalue weighted by Gasteiger charge is -2.04. The Morgan fingerprint density at radius 3 is 2.62 bits per heavy atom. The largest absolute Gasteiger partial charge is 0.496 e. The van der Waals surface area contributed by atoms with Crippen LogP contribution in [0.4, 0.5) is 0 Å². The highest BCUT2D eigenvalue weighted by Crippen LogP contribution is 2.31. The van der Waals surface area contributed by atoms with Crippen LogP contribution in [-0.2, 0) is 0 Å². The van der Waals surface area contributed by atoms with E-state index in [4.69, 9.17) is 4.74 Å². The van der Waals surface area contributed by atoms with Crippen LogP contribution >= 0.6 is 11.3 Å². The van der Waals surface area contributed by atoms with Crippen LogP contribution in [0.3, 0.4) is 0 Å². The summed E-state index contributed by atoms with van der Waals surface area (Å²) in [6, 6.07) is 4.31. The van der Waals surface area contributed by atoms with Crippen molar-refractivity contribution in [2.75, 3.05) is 7.11 Å². The van der Waals surface area contributed by atoms with Crippen LogP contribution in [0.5, 0.6) is 5.75 Å². The minimum Gasteiger partial charge on any atom is -0.496 e. The van der Waals surface area contributed by atoms with Gasteiger partial charge >= 0.3 is 0 Å². The number of ether oxygens (including phenoxy) is 1. The number of thiophene rings is 1. The molecule has 1 heterocycles. The van der Waals surface area contributed by atoms with E-state index in [-0.39, 0.29) is 0 Å². The molecule has 0 saturated carbocycles. The van der Waals surface area contributed by atoms with Crippen molar-refractivity contribution in [1.29, 1.82) is 0 Å². The van der Waals surface area contributed by atoms with Crippen LogP contribution in [0, 0.1) is 13.8 Å². The zero-order chi connectivity index (χ0) is 9.42. The van der Waals surface area contributed by atoms with Gasteiger partial charge in [-0.25, -0.2) is 0 Å². The predicted octanol–water partition coefficient (Wildman–Crippen LogP) is 3.53. The van der Waals surface area contributed by atoms with Gasteiger partial charge in [-0.1, -0.05) is 0 Å². The molecule has 0 fully saturated rings. The van der Waals surface area contributed by atoms with Gasteiger partial charge in [0.2, 0.25) is 0 Å². The van der Waals surface area contributed by atoms with Crippen molar-refractivity contribution in [2.45, 2.75) is 13.8 Å². The minimum absolute atomic E-state index is 0.981. The number of aryl methyl sites for hydroxylation is 2. The first kappa shape index (κ1) is 8.57. The fourth-order valence-corrected chi connectivity index (χ4v) is 2.46. The van der Waals surface area contributed by atoms with Gasteiger partial charge < -0.3 is 4.74 Å². The Kier molecular flexibility index (Phi) is 2.00. The maximum atomic E-state index is 5.27. The van der Waals surface area contributed by atoms with Gasteiger partial charge in [0, 0.05) is 4.70 Å². The van der Waals surface area contributed by atoms with E-state index in [2.05, 4.69) is 31.4 Å². The van der Waals surface area contributed by atoms with Gasteiger partial charge in [0.15, 0.2) is 0 Å². The second kappa shape index (κ2) is 3.04.